The van der Waals surface area contributed by atoms with Gasteiger partial charge in [-0.1, -0.05) is 12.1 Å². The molecule has 1 aromatic rings. The first-order valence-electron chi connectivity index (χ1n) is 7.80. The number of carbonyl (C=O) groups is 2. The van der Waals surface area contributed by atoms with Crippen LogP contribution in [-0.4, -0.2) is 47.5 Å². The Morgan fingerprint density at radius 1 is 1.25 bits per heavy atom. The fraction of sp³-hybridized carbons (Fsp3) is 0.500. The Hall–Kier alpha value is -0.760. The molecule has 0 bridgehead atoms. The average molecular weight is 435 g/mol. The van der Waals surface area contributed by atoms with Crippen LogP contribution in [-0.2, 0) is 9.59 Å². The molecule has 2 fully saturated rings. The van der Waals surface area contributed by atoms with Crippen molar-refractivity contribution >= 4 is 57.6 Å². The number of carbonyl (C=O) groups excluding carboxylic acids is 2. The molecule has 0 aliphatic carbocycles. The van der Waals surface area contributed by atoms with Crippen molar-refractivity contribution in [2.45, 2.75) is 18.9 Å². The summed E-state index contributed by atoms with van der Waals surface area (Å²) >= 11 is 5.19. The molecule has 132 valence electrons. The molecule has 0 spiro atoms. The van der Waals surface area contributed by atoms with Gasteiger partial charge in [-0.25, -0.2) is 0 Å². The van der Waals surface area contributed by atoms with Crippen LogP contribution in [0.15, 0.2) is 28.7 Å². The first-order valence-corrected chi connectivity index (χ1v) is 9.75. The lowest BCUT2D eigenvalue weighted by atomic mass is 9.95. The first-order chi connectivity index (χ1) is 11.1. The van der Waals surface area contributed by atoms with Gasteiger partial charge in [-0.2, -0.15) is 0 Å². The van der Waals surface area contributed by atoms with Crippen molar-refractivity contribution in [3.05, 3.63) is 28.7 Å². The van der Waals surface area contributed by atoms with Crippen molar-refractivity contribution in [1.82, 2.24) is 10.2 Å². The van der Waals surface area contributed by atoms with Crippen molar-refractivity contribution in [3.63, 3.8) is 0 Å². The molecule has 0 saturated carbocycles. The van der Waals surface area contributed by atoms with Gasteiger partial charge in [-0.15, -0.1) is 24.2 Å². The highest BCUT2D eigenvalue weighted by Crippen LogP contribution is 2.25. The van der Waals surface area contributed by atoms with Crippen LogP contribution in [0.5, 0.6) is 0 Å². The summed E-state index contributed by atoms with van der Waals surface area (Å²) in [7, 11) is 0. The van der Waals surface area contributed by atoms with Gasteiger partial charge in [-0.05, 0) is 40.9 Å². The lowest BCUT2D eigenvalue weighted by molar-refractivity contribution is -0.135. The molecule has 1 aromatic carbocycles. The monoisotopic (exact) mass is 433 g/mol. The van der Waals surface area contributed by atoms with Crippen LogP contribution in [0.3, 0.4) is 0 Å². The van der Waals surface area contributed by atoms with Crippen LogP contribution >= 0.6 is 40.1 Å². The van der Waals surface area contributed by atoms with E-state index >= 15 is 0 Å². The summed E-state index contributed by atoms with van der Waals surface area (Å²) in [5.41, 5.74) is 0.795. The SMILES string of the molecule is Cl.O=C(Nc1ccccc1Br)C1CCN(C(=O)C2CSCN2)CC1. The van der Waals surface area contributed by atoms with Crippen LogP contribution < -0.4 is 10.6 Å². The summed E-state index contributed by atoms with van der Waals surface area (Å²) in [5.74, 6) is 1.89. The highest BCUT2D eigenvalue weighted by Gasteiger charge is 2.32. The van der Waals surface area contributed by atoms with Crippen molar-refractivity contribution < 1.29 is 9.59 Å². The molecule has 8 heteroatoms. The average Bonchev–Trinajstić information content (AvgIpc) is 3.11. The van der Waals surface area contributed by atoms with Gasteiger partial charge in [0, 0.05) is 35.1 Å². The van der Waals surface area contributed by atoms with E-state index in [-0.39, 0.29) is 36.2 Å². The van der Waals surface area contributed by atoms with Gasteiger partial charge in [-0.3, -0.25) is 14.9 Å². The second-order valence-electron chi connectivity index (χ2n) is 5.84. The summed E-state index contributed by atoms with van der Waals surface area (Å²) in [4.78, 5) is 26.7. The van der Waals surface area contributed by atoms with E-state index in [0.717, 1.165) is 34.6 Å². The Balaban J connectivity index is 0.00000208. The van der Waals surface area contributed by atoms with Crippen LogP contribution in [0.2, 0.25) is 0 Å². The molecule has 2 aliphatic heterocycles. The van der Waals surface area contributed by atoms with Crippen molar-refractivity contribution in [1.29, 1.82) is 0 Å². The van der Waals surface area contributed by atoms with Gasteiger partial charge in [0.25, 0.3) is 0 Å². The number of rotatable bonds is 3. The normalized spacial score (nSPS) is 21.2. The largest absolute Gasteiger partial charge is 0.341 e. The third kappa shape index (κ3) is 4.65. The molecule has 24 heavy (non-hydrogen) atoms. The fourth-order valence-corrected chi connectivity index (χ4v) is 4.25. The van der Waals surface area contributed by atoms with Crippen molar-refractivity contribution in [2.75, 3.05) is 30.0 Å². The Morgan fingerprint density at radius 3 is 2.58 bits per heavy atom. The summed E-state index contributed by atoms with van der Waals surface area (Å²) < 4.78 is 0.880. The molecular formula is C16H21BrClN3O2S. The molecule has 3 rings (SSSR count). The first kappa shape index (κ1) is 19.6. The Bertz CT molecular complexity index is 590. The maximum Gasteiger partial charge on any atom is 0.240 e. The number of likely N-dealkylation sites (tertiary alicyclic amines) is 1. The van der Waals surface area contributed by atoms with E-state index in [4.69, 9.17) is 0 Å². The summed E-state index contributed by atoms with van der Waals surface area (Å²) in [6.45, 7) is 1.32. The maximum atomic E-state index is 12.4. The molecule has 1 unspecified atom stereocenters. The van der Waals surface area contributed by atoms with Gasteiger partial charge >= 0.3 is 0 Å². The van der Waals surface area contributed by atoms with E-state index < -0.39 is 0 Å². The Labute approximate surface area is 160 Å². The van der Waals surface area contributed by atoms with Crippen LogP contribution in [0, 0.1) is 5.92 Å². The third-order valence-corrected chi connectivity index (χ3v) is 5.95. The number of hydrogen-bond donors (Lipinski definition) is 2. The minimum absolute atomic E-state index is 0. The van der Waals surface area contributed by atoms with Gasteiger partial charge in [0.15, 0.2) is 0 Å². The number of benzene rings is 1. The standard InChI is InChI=1S/C16H20BrN3O2S.ClH/c17-12-3-1-2-4-13(12)19-15(21)11-5-7-20(8-6-11)16(22)14-9-23-10-18-14;/h1-4,11,14,18H,5-10H2,(H,19,21);1H. The third-order valence-electron chi connectivity index (χ3n) is 4.32. The molecular weight excluding hydrogens is 414 g/mol. The zero-order valence-corrected chi connectivity index (χ0v) is 16.4. The quantitative estimate of drug-likeness (QED) is 0.768. The molecule has 2 heterocycles. The number of nitrogens with zero attached hydrogens (tertiary/aromatic N) is 1. The highest BCUT2D eigenvalue weighted by molar-refractivity contribution is 9.10. The molecule has 5 nitrogen and oxygen atoms in total. The number of halogens is 2. The predicted octanol–water partition coefficient (Wildman–Crippen LogP) is 2.71. The van der Waals surface area contributed by atoms with Gasteiger partial charge in [0.05, 0.1) is 11.7 Å². The summed E-state index contributed by atoms with van der Waals surface area (Å²) in [6.07, 6.45) is 1.45. The van der Waals surface area contributed by atoms with E-state index in [1.54, 1.807) is 11.8 Å². The molecule has 0 aromatic heterocycles. The predicted molar refractivity (Wildman–Crippen MR) is 104 cm³/mol. The van der Waals surface area contributed by atoms with Gasteiger partial charge in [0.2, 0.25) is 11.8 Å². The molecule has 1 atom stereocenters. The zero-order chi connectivity index (χ0) is 16.2. The van der Waals surface area contributed by atoms with Gasteiger partial charge in [0.1, 0.15) is 0 Å². The van der Waals surface area contributed by atoms with E-state index in [9.17, 15) is 9.59 Å². The zero-order valence-electron chi connectivity index (χ0n) is 13.2. The minimum atomic E-state index is -0.0503. The van der Waals surface area contributed by atoms with Gasteiger partial charge < -0.3 is 10.2 Å². The Morgan fingerprint density at radius 2 is 1.96 bits per heavy atom. The topological polar surface area (TPSA) is 61.4 Å². The summed E-state index contributed by atoms with van der Waals surface area (Å²) in [5, 5.41) is 6.19. The molecule has 0 radical (unpaired) electrons. The van der Waals surface area contributed by atoms with E-state index in [1.807, 2.05) is 29.2 Å². The lowest BCUT2D eigenvalue weighted by Gasteiger charge is -2.32. The van der Waals surface area contributed by atoms with E-state index in [1.165, 1.54) is 0 Å². The number of piperidine rings is 1. The van der Waals surface area contributed by atoms with Crippen LogP contribution in [0.25, 0.3) is 0 Å². The second-order valence-corrected chi connectivity index (χ2v) is 7.73. The molecule has 2 N–H and O–H groups in total. The number of para-hydroxylation sites is 1. The second kappa shape index (κ2) is 9.08. The van der Waals surface area contributed by atoms with E-state index in [2.05, 4.69) is 26.6 Å². The highest BCUT2D eigenvalue weighted by atomic mass is 79.9. The van der Waals surface area contributed by atoms with Crippen molar-refractivity contribution in [2.24, 2.45) is 5.92 Å². The smallest absolute Gasteiger partial charge is 0.240 e. The Kier molecular flexibility index (Phi) is 7.40. The molecule has 2 amide bonds. The number of amides is 2. The fourth-order valence-electron chi connectivity index (χ4n) is 2.93. The van der Waals surface area contributed by atoms with Crippen LogP contribution in [0.4, 0.5) is 5.69 Å². The number of thioether (sulfide) groups is 1. The lowest BCUT2D eigenvalue weighted by Crippen LogP contribution is -2.49. The number of nitrogens with one attached hydrogen (secondary N) is 2. The van der Waals surface area contributed by atoms with Crippen LogP contribution in [0.1, 0.15) is 12.8 Å². The molecule has 2 aliphatic rings. The minimum Gasteiger partial charge on any atom is -0.341 e. The van der Waals surface area contributed by atoms with E-state index in [0.29, 0.717) is 13.1 Å². The number of hydrogen-bond acceptors (Lipinski definition) is 4. The number of anilines is 1. The summed E-state index contributed by atoms with van der Waals surface area (Å²) in [6, 6.07) is 7.55. The molecule has 2 saturated heterocycles. The van der Waals surface area contributed by atoms with Crippen molar-refractivity contribution in [3.8, 4) is 0 Å². The maximum absolute atomic E-state index is 12.4.